The third-order valence-corrected chi connectivity index (χ3v) is 10.7. The Bertz CT molecular complexity index is 2620. The smallest absolute Gasteiger partial charge is 0.338 e. The number of hydrogen-bond donors (Lipinski definition) is 1. The van der Waals surface area contributed by atoms with Crippen molar-refractivity contribution in [2.45, 2.75) is 45.3 Å². The second-order valence-electron chi connectivity index (χ2n) is 14.5. The van der Waals surface area contributed by atoms with E-state index >= 15 is 4.39 Å². The summed E-state index contributed by atoms with van der Waals surface area (Å²) in [4.78, 5) is 15.9. The Kier molecular flexibility index (Phi) is 10.6. The molecular formula is C51H42FNO4. The summed E-state index contributed by atoms with van der Waals surface area (Å²) in [5.41, 5.74) is 7.19. The summed E-state index contributed by atoms with van der Waals surface area (Å²) in [6.07, 6.45) is 7.58. The molecule has 282 valence electrons. The van der Waals surface area contributed by atoms with Crippen LogP contribution in [-0.4, -0.2) is 30.8 Å². The lowest BCUT2D eigenvalue weighted by molar-refractivity contribution is 0.0524. The van der Waals surface area contributed by atoms with Crippen LogP contribution in [0.4, 0.5) is 10.1 Å². The van der Waals surface area contributed by atoms with Crippen LogP contribution in [0.2, 0.25) is 0 Å². The number of aliphatic hydroxyl groups excluding tert-OH is 1. The van der Waals surface area contributed by atoms with Gasteiger partial charge in [0, 0.05) is 57.5 Å². The number of rotatable bonds is 6. The van der Waals surface area contributed by atoms with Gasteiger partial charge in [0.2, 0.25) is 0 Å². The largest absolute Gasteiger partial charge is 0.472 e. The van der Waals surface area contributed by atoms with Gasteiger partial charge in [-0.1, -0.05) is 77.8 Å². The molecule has 1 N–H and O–H groups in total. The first kappa shape index (κ1) is 37.3. The van der Waals surface area contributed by atoms with E-state index in [1.807, 2.05) is 91.9 Å². The van der Waals surface area contributed by atoms with Gasteiger partial charge >= 0.3 is 5.97 Å². The Morgan fingerprint density at radius 3 is 2.14 bits per heavy atom. The van der Waals surface area contributed by atoms with Crippen molar-refractivity contribution in [2.75, 3.05) is 24.6 Å². The van der Waals surface area contributed by atoms with Gasteiger partial charge in [-0.15, -0.1) is 0 Å². The minimum Gasteiger partial charge on any atom is -0.472 e. The predicted molar refractivity (Wildman–Crippen MR) is 225 cm³/mol. The van der Waals surface area contributed by atoms with Gasteiger partial charge in [0.05, 0.1) is 24.3 Å². The van der Waals surface area contributed by atoms with Crippen molar-refractivity contribution in [2.24, 2.45) is 0 Å². The van der Waals surface area contributed by atoms with E-state index < -0.39 is 17.4 Å². The Morgan fingerprint density at radius 1 is 0.789 bits per heavy atom. The zero-order valence-electron chi connectivity index (χ0n) is 32.1. The summed E-state index contributed by atoms with van der Waals surface area (Å²) in [5.74, 6) is 11.8. The molecule has 0 bridgehead atoms. The number of aliphatic hydroxyl groups is 1. The number of hydrogen-bond acceptors (Lipinski definition) is 5. The van der Waals surface area contributed by atoms with Crippen LogP contribution in [0.15, 0.2) is 121 Å². The normalized spacial score (nSPS) is 15.8. The number of carbonyl (C=O) groups excluding carboxylic acids is 1. The molecule has 1 fully saturated rings. The number of piperidine rings is 1. The lowest BCUT2D eigenvalue weighted by atomic mass is 9.82. The number of fused-ring (bicyclic) bond motifs is 3. The molecule has 1 atom stereocenters. The zero-order valence-corrected chi connectivity index (χ0v) is 32.1. The third-order valence-electron chi connectivity index (χ3n) is 10.7. The van der Waals surface area contributed by atoms with E-state index in [1.54, 1.807) is 19.1 Å². The van der Waals surface area contributed by atoms with Gasteiger partial charge in [-0.3, -0.25) is 0 Å². The topological polar surface area (TPSA) is 59.0 Å². The molecule has 6 aromatic rings. The van der Waals surface area contributed by atoms with E-state index in [-0.39, 0.29) is 18.8 Å². The fourth-order valence-electron chi connectivity index (χ4n) is 7.54. The number of halogens is 1. The van der Waals surface area contributed by atoms with Gasteiger partial charge < -0.3 is 19.5 Å². The number of aryl methyl sites for hydroxylation is 1. The fourth-order valence-corrected chi connectivity index (χ4v) is 7.54. The Balaban J connectivity index is 1.17. The SMILES string of the molecule is CCOC(=O)c1cc2cc(C#Cc3ccc(C#Cc4ccc(C)cc4)cc3F)ccc2c2c1C=CC(c1ccc(CO)cc1)(c1ccc(N3CCCCC3)cc1)O2. The minimum atomic E-state index is -1.05. The molecule has 0 aromatic heterocycles. The van der Waals surface area contributed by atoms with Crippen molar-refractivity contribution in [3.8, 4) is 29.4 Å². The maximum Gasteiger partial charge on any atom is 0.338 e. The summed E-state index contributed by atoms with van der Waals surface area (Å²) >= 11 is 0. The highest BCUT2D eigenvalue weighted by molar-refractivity contribution is 6.04. The van der Waals surface area contributed by atoms with Crippen LogP contribution in [0.25, 0.3) is 16.8 Å². The number of ether oxygens (including phenoxy) is 2. The Hall–Kier alpha value is -6.60. The predicted octanol–water partition coefficient (Wildman–Crippen LogP) is 10.1. The molecule has 2 heterocycles. The molecule has 6 heteroatoms. The molecule has 0 spiro atoms. The van der Waals surface area contributed by atoms with Crippen LogP contribution in [0.5, 0.6) is 5.75 Å². The first-order valence-electron chi connectivity index (χ1n) is 19.5. The van der Waals surface area contributed by atoms with Gasteiger partial charge in [0.1, 0.15) is 11.6 Å². The summed E-state index contributed by atoms with van der Waals surface area (Å²) in [7, 11) is 0. The number of nitrogens with zero attached hydrogens (tertiary/aromatic N) is 1. The highest BCUT2D eigenvalue weighted by Crippen LogP contribution is 2.47. The molecule has 2 aliphatic heterocycles. The molecule has 1 saturated heterocycles. The molecule has 5 nitrogen and oxygen atoms in total. The molecule has 0 aliphatic carbocycles. The van der Waals surface area contributed by atoms with E-state index in [2.05, 4.69) is 52.8 Å². The highest BCUT2D eigenvalue weighted by atomic mass is 19.1. The van der Waals surface area contributed by atoms with Crippen LogP contribution in [-0.2, 0) is 16.9 Å². The fraction of sp³-hybridized carbons (Fsp3) is 0.196. The minimum absolute atomic E-state index is 0.0721. The molecule has 0 amide bonds. The van der Waals surface area contributed by atoms with Crippen LogP contribution >= 0.6 is 0 Å². The highest BCUT2D eigenvalue weighted by Gasteiger charge is 2.39. The standard InChI is InChI=1S/C51H42FNO4/c1-3-56-50(55)47-33-41-31-37(13-18-40-19-14-38(32-48(40)52)12-11-36-9-7-35(2)8-10-36)17-26-45(41)49-46(47)27-28-51(57-49,42-20-15-39(34-54)16-21-42)43-22-24-44(25-23-43)53-29-5-4-6-30-53/h7-10,14-17,19-28,31-33,54H,3-6,29-30,34H2,1-2H3. The number of esters is 1. The van der Waals surface area contributed by atoms with E-state index in [0.29, 0.717) is 28.0 Å². The Morgan fingerprint density at radius 2 is 1.44 bits per heavy atom. The Labute approximate surface area is 333 Å². The maximum absolute atomic E-state index is 15.2. The van der Waals surface area contributed by atoms with Gasteiger partial charge in [0.25, 0.3) is 0 Å². The average Bonchev–Trinajstić information content (AvgIpc) is 3.25. The quantitative estimate of drug-likeness (QED) is 0.136. The third kappa shape index (κ3) is 7.79. The molecule has 6 aromatic carbocycles. The molecular weight excluding hydrogens is 710 g/mol. The van der Waals surface area contributed by atoms with Crippen LogP contribution in [0.1, 0.15) is 86.6 Å². The van der Waals surface area contributed by atoms with Gasteiger partial charge in [-0.25, -0.2) is 9.18 Å². The summed E-state index contributed by atoms with van der Waals surface area (Å²) < 4.78 is 28.0. The van der Waals surface area contributed by atoms with Crippen LogP contribution < -0.4 is 9.64 Å². The average molecular weight is 752 g/mol. The van der Waals surface area contributed by atoms with Crippen molar-refractivity contribution in [3.05, 3.63) is 183 Å². The first-order chi connectivity index (χ1) is 27.8. The summed E-state index contributed by atoms with van der Waals surface area (Å²) in [6, 6.07) is 36.5. The lowest BCUT2D eigenvalue weighted by Crippen LogP contribution is -2.35. The van der Waals surface area contributed by atoms with E-state index in [1.165, 1.54) is 31.0 Å². The van der Waals surface area contributed by atoms with Crippen molar-refractivity contribution in [1.82, 2.24) is 0 Å². The molecule has 8 rings (SSSR count). The molecule has 1 unspecified atom stereocenters. The second kappa shape index (κ2) is 16.2. The summed E-state index contributed by atoms with van der Waals surface area (Å²) in [6.45, 7) is 6.02. The maximum atomic E-state index is 15.2. The molecule has 0 radical (unpaired) electrons. The molecule has 57 heavy (non-hydrogen) atoms. The van der Waals surface area contributed by atoms with Gasteiger partial charge in [0.15, 0.2) is 5.60 Å². The number of benzene rings is 6. The number of carbonyl (C=O) groups is 1. The monoisotopic (exact) mass is 751 g/mol. The van der Waals surface area contributed by atoms with Crippen molar-refractivity contribution in [3.63, 3.8) is 0 Å². The lowest BCUT2D eigenvalue weighted by Gasteiger charge is -2.37. The van der Waals surface area contributed by atoms with Crippen molar-refractivity contribution < 1.29 is 23.8 Å². The van der Waals surface area contributed by atoms with Crippen molar-refractivity contribution in [1.29, 1.82) is 0 Å². The zero-order chi connectivity index (χ0) is 39.4. The van der Waals surface area contributed by atoms with E-state index in [4.69, 9.17) is 9.47 Å². The van der Waals surface area contributed by atoms with E-state index in [0.717, 1.165) is 51.7 Å². The first-order valence-corrected chi connectivity index (χ1v) is 19.5. The molecule has 0 saturated carbocycles. The van der Waals surface area contributed by atoms with Gasteiger partial charge in [-0.2, -0.15) is 0 Å². The van der Waals surface area contributed by atoms with Gasteiger partial charge in [-0.05, 0) is 123 Å². The van der Waals surface area contributed by atoms with Crippen LogP contribution in [0, 0.1) is 36.4 Å². The molecule has 2 aliphatic rings. The summed E-state index contributed by atoms with van der Waals surface area (Å²) in [5, 5.41) is 11.4. The van der Waals surface area contributed by atoms with Crippen molar-refractivity contribution >= 4 is 28.5 Å². The van der Waals surface area contributed by atoms with E-state index in [9.17, 15) is 9.90 Å². The van der Waals surface area contributed by atoms with Crippen LogP contribution in [0.3, 0.4) is 0 Å². The number of anilines is 1. The second-order valence-corrected chi connectivity index (χ2v) is 14.5.